The number of rotatable bonds is 9. The molecule has 0 atom stereocenters. The van der Waals surface area contributed by atoms with Crippen molar-refractivity contribution in [2.45, 2.75) is 26.7 Å². The van der Waals surface area contributed by atoms with E-state index in [9.17, 15) is 4.79 Å². The van der Waals surface area contributed by atoms with E-state index < -0.39 is 5.97 Å². The lowest BCUT2D eigenvalue weighted by Gasteiger charge is -2.12. The van der Waals surface area contributed by atoms with Gasteiger partial charge in [-0.25, -0.2) is 4.79 Å². The quantitative estimate of drug-likeness (QED) is 0.122. The molecule has 0 bridgehead atoms. The highest BCUT2D eigenvalue weighted by Gasteiger charge is 2.20. The summed E-state index contributed by atoms with van der Waals surface area (Å²) in [6.07, 6.45) is 0. The Morgan fingerprint density at radius 3 is 2.14 bits per heavy atom. The van der Waals surface area contributed by atoms with Gasteiger partial charge in [0.1, 0.15) is 31.3 Å². The second-order valence-corrected chi connectivity index (χ2v) is 10.8. The van der Waals surface area contributed by atoms with Crippen molar-refractivity contribution < 1.29 is 19.0 Å². The van der Waals surface area contributed by atoms with Crippen molar-refractivity contribution in [2.24, 2.45) is 0 Å². The monoisotopic (exact) mass is 617 g/mol. The van der Waals surface area contributed by atoms with Crippen molar-refractivity contribution >= 4 is 51.7 Å². The van der Waals surface area contributed by atoms with Gasteiger partial charge >= 0.3 is 5.97 Å². The highest BCUT2D eigenvalue weighted by atomic mass is 35.5. The van der Waals surface area contributed by atoms with E-state index in [1.54, 1.807) is 60.7 Å². The number of hydrogen-bond donors (Lipinski definition) is 0. The number of ether oxygens (including phenoxy) is 3. The second-order valence-electron chi connectivity index (χ2n) is 9.46. The molecule has 1 aromatic heterocycles. The third-order valence-corrected chi connectivity index (χ3v) is 7.27. The van der Waals surface area contributed by atoms with E-state index in [1.807, 2.05) is 31.2 Å². The number of aryl methyl sites for hydroxylation is 1. The van der Waals surface area contributed by atoms with Crippen LogP contribution in [0.25, 0.3) is 10.9 Å². The Hall–Kier alpha value is -4.08. The number of carbonyl (C=O) groups is 1. The van der Waals surface area contributed by atoms with Gasteiger partial charge in [-0.2, -0.15) is 0 Å². The van der Waals surface area contributed by atoms with Gasteiger partial charge in [0.15, 0.2) is 0 Å². The van der Waals surface area contributed by atoms with Crippen LogP contribution >= 0.6 is 34.8 Å². The minimum Gasteiger partial charge on any atom is -0.487 e. The van der Waals surface area contributed by atoms with Crippen molar-refractivity contribution in [2.75, 3.05) is 6.61 Å². The highest BCUT2D eigenvalue weighted by Crippen LogP contribution is 2.30. The van der Waals surface area contributed by atoms with E-state index >= 15 is 0 Å². The normalized spacial score (nSPS) is 10.7. The first-order valence-electron chi connectivity index (χ1n) is 13.1. The summed E-state index contributed by atoms with van der Waals surface area (Å²) in [5, 5.41) is 2.69. The lowest BCUT2D eigenvalue weighted by Crippen LogP contribution is -2.10. The summed E-state index contributed by atoms with van der Waals surface area (Å²) >= 11 is 18.1. The third-order valence-electron chi connectivity index (χ3n) is 6.53. The fraction of sp³-hybridized carbons (Fsp3) is 0.147. The number of esters is 1. The predicted octanol–water partition coefficient (Wildman–Crippen LogP) is 8.93. The van der Waals surface area contributed by atoms with Gasteiger partial charge in [-0.1, -0.05) is 64.3 Å². The van der Waals surface area contributed by atoms with Crippen molar-refractivity contribution in [3.8, 4) is 23.3 Å². The molecule has 42 heavy (non-hydrogen) atoms. The van der Waals surface area contributed by atoms with Crippen molar-refractivity contribution in [1.29, 1.82) is 0 Å². The van der Waals surface area contributed by atoms with Crippen molar-refractivity contribution in [1.82, 2.24) is 4.57 Å². The molecule has 0 N–H and O–H groups in total. The van der Waals surface area contributed by atoms with Crippen LogP contribution in [0.4, 0.5) is 0 Å². The van der Waals surface area contributed by atoms with Gasteiger partial charge in [-0.15, -0.1) is 0 Å². The zero-order valence-corrected chi connectivity index (χ0v) is 25.0. The molecule has 5 rings (SSSR count). The van der Waals surface area contributed by atoms with Gasteiger partial charge in [0.05, 0.1) is 17.8 Å². The molecule has 0 aliphatic heterocycles. The third kappa shape index (κ3) is 7.40. The van der Waals surface area contributed by atoms with E-state index in [-0.39, 0.29) is 19.8 Å². The standard InChI is InChI=1S/C34H26Cl3NO4/c1-23-7-16-32-30(19-23)31(21-42-34(39)24-5-4-6-27(37)20-24)33(22-41-29-14-10-26(36)11-15-29)38(32)17-2-3-18-40-28-12-8-25(35)9-13-28/h4-16,19-20H,17-18,21-22H2,1H3. The minimum atomic E-state index is -0.463. The minimum absolute atomic E-state index is 0.0463. The van der Waals surface area contributed by atoms with Crippen LogP contribution in [-0.4, -0.2) is 17.1 Å². The molecule has 1 heterocycles. The van der Waals surface area contributed by atoms with Crippen LogP contribution in [0.2, 0.25) is 15.1 Å². The number of benzene rings is 4. The molecule has 0 aliphatic carbocycles. The molecule has 0 fully saturated rings. The van der Waals surface area contributed by atoms with Crippen LogP contribution in [0, 0.1) is 18.8 Å². The Morgan fingerprint density at radius 2 is 1.45 bits per heavy atom. The van der Waals surface area contributed by atoms with Crippen LogP contribution < -0.4 is 9.47 Å². The Morgan fingerprint density at radius 1 is 0.762 bits per heavy atom. The zero-order valence-electron chi connectivity index (χ0n) is 22.7. The topological polar surface area (TPSA) is 49.7 Å². The summed E-state index contributed by atoms with van der Waals surface area (Å²) in [7, 11) is 0. The van der Waals surface area contributed by atoms with E-state index in [0.29, 0.717) is 38.7 Å². The molecular weight excluding hydrogens is 593 g/mol. The maximum absolute atomic E-state index is 12.9. The number of halogens is 3. The van der Waals surface area contributed by atoms with Gasteiger partial charge < -0.3 is 18.8 Å². The molecule has 4 aromatic carbocycles. The molecule has 8 heteroatoms. The average Bonchev–Trinajstić information content (AvgIpc) is 3.27. The number of aromatic nitrogens is 1. The van der Waals surface area contributed by atoms with Crippen LogP contribution in [0.1, 0.15) is 27.2 Å². The number of hydrogen-bond acceptors (Lipinski definition) is 4. The molecule has 0 amide bonds. The van der Waals surface area contributed by atoms with Gasteiger partial charge in [0.25, 0.3) is 0 Å². The summed E-state index contributed by atoms with van der Waals surface area (Å²) in [6, 6.07) is 27.2. The fourth-order valence-corrected chi connectivity index (χ4v) is 4.89. The van der Waals surface area contributed by atoms with Crippen LogP contribution in [0.5, 0.6) is 11.5 Å². The van der Waals surface area contributed by atoms with Gasteiger partial charge in [-0.3, -0.25) is 0 Å². The zero-order chi connectivity index (χ0) is 29.5. The smallest absolute Gasteiger partial charge is 0.338 e. The van der Waals surface area contributed by atoms with Gasteiger partial charge in [0.2, 0.25) is 0 Å². The largest absolute Gasteiger partial charge is 0.487 e. The summed E-state index contributed by atoms with van der Waals surface area (Å²) in [6.45, 7) is 2.90. The van der Waals surface area contributed by atoms with E-state index in [0.717, 1.165) is 27.7 Å². The predicted molar refractivity (Wildman–Crippen MR) is 168 cm³/mol. The number of fused-ring (bicyclic) bond motifs is 1. The Kier molecular flexibility index (Phi) is 9.61. The number of carbonyl (C=O) groups excluding carboxylic acids is 1. The average molecular weight is 619 g/mol. The lowest BCUT2D eigenvalue weighted by atomic mass is 10.1. The summed E-state index contributed by atoms with van der Waals surface area (Å²) < 4.78 is 19.8. The van der Waals surface area contributed by atoms with E-state index in [1.165, 1.54) is 0 Å². The van der Waals surface area contributed by atoms with Crippen molar-refractivity contribution in [3.63, 3.8) is 0 Å². The molecule has 0 aliphatic rings. The van der Waals surface area contributed by atoms with Gasteiger partial charge in [-0.05, 0) is 85.8 Å². The maximum atomic E-state index is 12.9. The molecule has 0 unspecified atom stereocenters. The first kappa shape index (κ1) is 29.4. The van der Waals surface area contributed by atoms with Crippen molar-refractivity contribution in [3.05, 3.63) is 128 Å². The van der Waals surface area contributed by atoms with E-state index in [2.05, 4.69) is 22.5 Å². The molecule has 5 aromatic rings. The first-order valence-corrected chi connectivity index (χ1v) is 14.3. The highest BCUT2D eigenvalue weighted by molar-refractivity contribution is 6.31. The first-order chi connectivity index (χ1) is 20.4. The SMILES string of the molecule is Cc1ccc2c(c1)c(COC(=O)c1cccc(Cl)c1)c(COc1ccc(Cl)cc1)n2CC#CCOc1ccc(Cl)cc1. The summed E-state index contributed by atoms with van der Waals surface area (Å²) in [5.41, 5.74) is 4.11. The fourth-order valence-electron chi connectivity index (χ4n) is 4.45. The Bertz CT molecular complexity index is 1770. The van der Waals surface area contributed by atoms with Crippen LogP contribution in [-0.2, 0) is 24.5 Å². The lowest BCUT2D eigenvalue weighted by molar-refractivity contribution is 0.0472. The molecular formula is C34H26Cl3NO4. The summed E-state index contributed by atoms with van der Waals surface area (Å²) in [4.78, 5) is 12.9. The Labute approximate surface area is 259 Å². The number of nitrogens with zero attached hydrogens (tertiary/aromatic N) is 1. The molecule has 0 radical (unpaired) electrons. The van der Waals surface area contributed by atoms with Crippen LogP contribution in [0.15, 0.2) is 91.0 Å². The maximum Gasteiger partial charge on any atom is 0.338 e. The molecule has 0 saturated carbocycles. The van der Waals surface area contributed by atoms with Crippen LogP contribution in [0.3, 0.4) is 0 Å². The molecule has 5 nitrogen and oxygen atoms in total. The molecule has 0 spiro atoms. The summed E-state index contributed by atoms with van der Waals surface area (Å²) in [5.74, 6) is 7.19. The second kappa shape index (κ2) is 13.7. The Balaban J connectivity index is 1.44. The van der Waals surface area contributed by atoms with Gasteiger partial charge in [0, 0.05) is 31.5 Å². The molecule has 0 saturated heterocycles. The van der Waals surface area contributed by atoms with E-state index in [4.69, 9.17) is 49.0 Å². The molecule has 212 valence electrons.